The Morgan fingerprint density at radius 2 is 1.88 bits per heavy atom. The number of nitrogens with zero attached hydrogens (tertiary/aromatic N) is 1. The van der Waals surface area contributed by atoms with Crippen LogP contribution in [-0.4, -0.2) is 60.1 Å². The molecule has 2 bridgehead atoms. The fraction of sp³-hybridized carbons (Fsp3) is 0.577. The number of hydrogen-bond acceptors (Lipinski definition) is 5. The van der Waals surface area contributed by atoms with Gasteiger partial charge in [0.25, 0.3) is 0 Å². The molecule has 1 aromatic rings. The molecule has 0 aromatic heterocycles. The second kappa shape index (κ2) is 9.06. The first-order chi connectivity index (χ1) is 16.5. The van der Waals surface area contributed by atoms with Gasteiger partial charge in [-0.05, 0) is 43.5 Å². The molecule has 1 saturated carbocycles. The largest absolute Gasteiger partial charge is 0.497 e. The summed E-state index contributed by atoms with van der Waals surface area (Å²) in [5, 5.41) is 6.12. The van der Waals surface area contributed by atoms with Crippen molar-refractivity contribution in [1.29, 1.82) is 0 Å². The first kappa shape index (κ1) is 22.9. The van der Waals surface area contributed by atoms with Gasteiger partial charge in [-0.2, -0.15) is 0 Å². The summed E-state index contributed by atoms with van der Waals surface area (Å²) in [6, 6.07) is 6.43. The summed E-state index contributed by atoms with van der Waals surface area (Å²) >= 11 is 0. The average Bonchev–Trinajstić information content (AvgIpc) is 3.48. The molecule has 5 atom stereocenters. The van der Waals surface area contributed by atoms with Crippen LogP contribution < -0.4 is 15.4 Å². The number of fused-ring (bicyclic) bond motifs is 1. The van der Waals surface area contributed by atoms with E-state index in [2.05, 4.69) is 10.6 Å². The standard InChI is InChI=1S/C26H33N3O5/c1-3-15-29-22(24(31)28-16-7-5-4-6-8-16)26-14-13-19(34-26)20(21(26)25(29)32)23(30)27-17-9-11-18(33-2)12-10-17/h9-14,16,19-22H,3-8,15H2,1-2H3,(H,27,30)(H,28,31)/t19-,20-,21-,22-,26+/m1/s1. The van der Waals surface area contributed by atoms with E-state index >= 15 is 0 Å². The molecular weight excluding hydrogens is 434 g/mol. The van der Waals surface area contributed by atoms with Crippen LogP contribution in [0.25, 0.3) is 0 Å². The molecule has 8 heteroatoms. The van der Waals surface area contributed by atoms with Gasteiger partial charge in [-0.1, -0.05) is 38.3 Å². The molecule has 4 aliphatic rings. The molecule has 182 valence electrons. The van der Waals surface area contributed by atoms with Crippen LogP contribution >= 0.6 is 0 Å². The number of carbonyl (C=O) groups excluding carboxylic acids is 3. The van der Waals surface area contributed by atoms with Crippen LogP contribution in [-0.2, 0) is 19.1 Å². The van der Waals surface area contributed by atoms with Gasteiger partial charge in [0.05, 0.1) is 25.0 Å². The zero-order valence-corrected chi connectivity index (χ0v) is 19.8. The second-order valence-electron chi connectivity index (χ2n) is 9.79. The minimum absolute atomic E-state index is 0.132. The van der Waals surface area contributed by atoms with E-state index in [0.29, 0.717) is 18.0 Å². The summed E-state index contributed by atoms with van der Waals surface area (Å²) in [5.41, 5.74) is -0.480. The van der Waals surface area contributed by atoms with E-state index < -0.39 is 29.6 Å². The maximum absolute atomic E-state index is 13.7. The summed E-state index contributed by atoms with van der Waals surface area (Å²) in [6.07, 6.45) is 9.22. The van der Waals surface area contributed by atoms with Crippen LogP contribution in [0.3, 0.4) is 0 Å². The first-order valence-electron chi connectivity index (χ1n) is 12.4. The number of anilines is 1. The predicted molar refractivity (Wildman–Crippen MR) is 126 cm³/mol. The van der Waals surface area contributed by atoms with E-state index in [4.69, 9.17) is 9.47 Å². The molecule has 3 fully saturated rings. The van der Waals surface area contributed by atoms with Crippen molar-refractivity contribution in [2.45, 2.75) is 69.2 Å². The molecule has 1 aliphatic carbocycles. The number of likely N-dealkylation sites (tertiary alicyclic amines) is 1. The number of benzene rings is 1. The Kier molecular flexibility index (Phi) is 6.10. The number of ether oxygens (including phenoxy) is 2. The zero-order valence-electron chi connectivity index (χ0n) is 19.8. The van der Waals surface area contributed by atoms with Crippen LogP contribution in [0, 0.1) is 11.8 Å². The van der Waals surface area contributed by atoms with Crippen LogP contribution in [0.2, 0.25) is 0 Å². The molecule has 3 aliphatic heterocycles. The van der Waals surface area contributed by atoms with Crippen LogP contribution in [0.4, 0.5) is 5.69 Å². The Balaban J connectivity index is 1.40. The minimum Gasteiger partial charge on any atom is -0.497 e. The molecule has 1 aromatic carbocycles. The molecule has 2 N–H and O–H groups in total. The number of amides is 3. The lowest BCUT2D eigenvalue weighted by molar-refractivity contribution is -0.141. The van der Waals surface area contributed by atoms with Crippen molar-refractivity contribution in [1.82, 2.24) is 10.2 Å². The van der Waals surface area contributed by atoms with E-state index in [1.54, 1.807) is 36.3 Å². The third-order valence-corrected chi connectivity index (χ3v) is 7.70. The first-order valence-corrected chi connectivity index (χ1v) is 12.4. The highest BCUT2D eigenvalue weighted by molar-refractivity contribution is 6.02. The Hall–Kier alpha value is -2.87. The van der Waals surface area contributed by atoms with Crippen molar-refractivity contribution in [3.05, 3.63) is 36.4 Å². The number of nitrogens with one attached hydrogen (secondary N) is 2. The van der Waals surface area contributed by atoms with Crippen LogP contribution in [0.15, 0.2) is 36.4 Å². The molecule has 3 heterocycles. The van der Waals surface area contributed by atoms with Crippen molar-refractivity contribution in [3.8, 4) is 5.75 Å². The fourth-order valence-electron chi connectivity index (χ4n) is 6.18. The predicted octanol–water partition coefficient (Wildman–Crippen LogP) is 2.64. The van der Waals surface area contributed by atoms with Gasteiger partial charge >= 0.3 is 0 Å². The van der Waals surface area contributed by atoms with Gasteiger partial charge in [-0.15, -0.1) is 0 Å². The van der Waals surface area contributed by atoms with Crippen molar-refractivity contribution in [3.63, 3.8) is 0 Å². The molecule has 0 unspecified atom stereocenters. The van der Waals surface area contributed by atoms with E-state index in [1.165, 1.54) is 6.42 Å². The Morgan fingerprint density at radius 3 is 2.56 bits per heavy atom. The van der Waals surface area contributed by atoms with Gasteiger partial charge in [0.1, 0.15) is 17.4 Å². The molecule has 0 radical (unpaired) electrons. The van der Waals surface area contributed by atoms with Gasteiger partial charge in [0.15, 0.2) is 0 Å². The summed E-state index contributed by atoms with van der Waals surface area (Å²) in [7, 11) is 1.58. The molecular formula is C26H33N3O5. The number of rotatable bonds is 7. The Labute approximate surface area is 200 Å². The fourth-order valence-corrected chi connectivity index (χ4v) is 6.18. The summed E-state index contributed by atoms with van der Waals surface area (Å²) in [6.45, 7) is 2.44. The van der Waals surface area contributed by atoms with E-state index in [1.807, 2.05) is 19.1 Å². The van der Waals surface area contributed by atoms with Gasteiger partial charge in [0.2, 0.25) is 17.7 Å². The Morgan fingerprint density at radius 1 is 1.15 bits per heavy atom. The zero-order chi connectivity index (χ0) is 23.9. The molecule has 8 nitrogen and oxygen atoms in total. The number of methoxy groups -OCH3 is 1. The van der Waals surface area contributed by atoms with Gasteiger partial charge in [-0.3, -0.25) is 14.4 Å². The maximum Gasteiger partial charge on any atom is 0.246 e. The SMILES string of the molecule is CCCN1C(=O)[C@H]2[C@H](C(=O)Nc3ccc(OC)cc3)[C@H]3C=C[C@@]2(O3)[C@H]1C(=O)NC1CCCCC1. The van der Waals surface area contributed by atoms with Gasteiger partial charge in [-0.25, -0.2) is 0 Å². The summed E-state index contributed by atoms with van der Waals surface area (Å²) in [5.74, 6) is -1.33. The highest BCUT2D eigenvalue weighted by Crippen LogP contribution is 2.55. The van der Waals surface area contributed by atoms with Crippen molar-refractivity contribution in [2.75, 3.05) is 19.0 Å². The van der Waals surface area contributed by atoms with Crippen molar-refractivity contribution in [2.24, 2.45) is 11.8 Å². The lowest BCUT2D eigenvalue weighted by Gasteiger charge is -2.34. The molecule has 1 spiro atoms. The lowest BCUT2D eigenvalue weighted by Crippen LogP contribution is -2.56. The molecule has 2 saturated heterocycles. The maximum atomic E-state index is 13.7. The van der Waals surface area contributed by atoms with Crippen molar-refractivity contribution >= 4 is 23.4 Å². The smallest absolute Gasteiger partial charge is 0.246 e. The highest BCUT2D eigenvalue weighted by atomic mass is 16.5. The molecule has 3 amide bonds. The van der Waals surface area contributed by atoms with E-state index in [0.717, 1.165) is 32.1 Å². The normalized spacial score (nSPS) is 32.1. The average molecular weight is 468 g/mol. The number of carbonyl (C=O) groups is 3. The van der Waals surface area contributed by atoms with Gasteiger partial charge in [0, 0.05) is 18.3 Å². The van der Waals surface area contributed by atoms with E-state index in [9.17, 15) is 14.4 Å². The molecule has 5 rings (SSSR count). The number of hydrogen-bond donors (Lipinski definition) is 2. The van der Waals surface area contributed by atoms with Crippen LogP contribution in [0.1, 0.15) is 45.4 Å². The lowest BCUT2D eigenvalue weighted by atomic mass is 9.74. The third kappa shape index (κ3) is 3.68. The highest BCUT2D eigenvalue weighted by Gasteiger charge is 2.72. The van der Waals surface area contributed by atoms with E-state index in [-0.39, 0.29) is 23.8 Å². The van der Waals surface area contributed by atoms with Gasteiger partial charge < -0.3 is 25.0 Å². The molecule has 34 heavy (non-hydrogen) atoms. The summed E-state index contributed by atoms with van der Waals surface area (Å²) in [4.78, 5) is 42.2. The quantitative estimate of drug-likeness (QED) is 0.601. The Bertz CT molecular complexity index is 987. The van der Waals surface area contributed by atoms with Crippen molar-refractivity contribution < 1.29 is 23.9 Å². The summed E-state index contributed by atoms with van der Waals surface area (Å²) < 4.78 is 11.5. The topological polar surface area (TPSA) is 97.0 Å². The monoisotopic (exact) mass is 467 g/mol. The van der Waals surface area contributed by atoms with Crippen LogP contribution in [0.5, 0.6) is 5.75 Å². The third-order valence-electron chi connectivity index (χ3n) is 7.70. The second-order valence-corrected chi connectivity index (χ2v) is 9.79. The minimum atomic E-state index is -1.10.